The molecule has 0 aliphatic carbocycles. The first-order chi connectivity index (χ1) is 8.56. The molecule has 1 fully saturated rings. The van der Waals surface area contributed by atoms with Gasteiger partial charge in [-0.3, -0.25) is 4.79 Å². The summed E-state index contributed by atoms with van der Waals surface area (Å²) < 4.78 is 0. The van der Waals surface area contributed by atoms with Crippen LogP contribution < -0.4 is 0 Å². The van der Waals surface area contributed by atoms with Gasteiger partial charge in [0.15, 0.2) is 11.5 Å². The third-order valence-electron chi connectivity index (χ3n) is 3.53. The lowest BCUT2D eigenvalue weighted by Gasteiger charge is -2.30. The minimum absolute atomic E-state index is 0.0898. The Kier molecular flexibility index (Phi) is 3.75. The molecule has 98 valence electrons. The SMILES string of the molecule is CC1CCN(C(=O)Cc2ccc(O)c(O)c2)CC1. The summed E-state index contributed by atoms with van der Waals surface area (Å²) in [5, 5.41) is 18.6. The number of piperidine rings is 1. The van der Waals surface area contributed by atoms with E-state index in [4.69, 9.17) is 0 Å². The van der Waals surface area contributed by atoms with Crippen LogP contribution in [0.1, 0.15) is 25.3 Å². The zero-order valence-corrected chi connectivity index (χ0v) is 10.6. The molecular formula is C14H19NO3. The molecule has 1 aromatic carbocycles. The van der Waals surface area contributed by atoms with Gasteiger partial charge >= 0.3 is 0 Å². The van der Waals surface area contributed by atoms with Crippen molar-refractivity contribution in [2.24, 2.45) is 5.92 Å². The zero-order valence-electron chi connectivity index (χ0n) is 10.6. The third-order valence-corrected chi connectivity index (χ3v) is 3.53. The number of hydrogen-bond donors (Lipinski definition) is 2. The summed E-state index contributed by atoms with van der Waals surface area (Å²) in [4.78, 5) is 13.9. The predicted octanol–water partition coefficient (Wildman–Crippen LogP) is 1.90. The second kappa shape index (κ2) is 5.29. The topological polar surface area (TPSA) is 60.8 Å². The Morgan fingerprint density at radius 1 is 1.28 bits per heavy atom. The molecule has 2 N–H and O–H groups in total. The summed E-state index contributed by atoms with van der Waals surface area (Å²) in [5.41, 5.74) is 0.730. The molecule has 0 unspecified atom stereocenters. The first-order valence-corrected chi connectivity index (χ1v) is 6.35. The van der Waals surface area contributed by atoms with Gasteiger partial charge in [0.2, 0.25) is 5.91 Å². The predicted molar refractivity (Wildman–Crippen MR) is 68.5 cm³/mol. The molecule has 0 atom stereocenters. The normalized spacial score (nSPS) is 16.8. The van der Waals surface area contributed by atoms with Crippen LogP contribution in [0, 0.1) is 5.92 Å². The van der Waals surface area contributed by atoms with Crippen molar-refractivity contribution >= 4 is 5.91 Å². The number of rotatable bonds is 2. The van der Waals surface area contributed by atoms with Crippen molar-refractivity contribution in [1.29, 1.82) is 0 Å². The van der Waals surface area contributed by atoms with Gasteiger partial charge < -0.3 is 15.1 Å². The highest BCUT2D eigenvalue weighted by atomic mass is 16.3. The number of hydrogen-bond acceptors (Lipinski definition) is 3. The lowest BCUT2D eigenvalue weighted by Crippen LogP contribution is -2.38. The van der Waals surface area contributed by atoms with E-state index in [1.807, 2.05) is 4.90 Å². The summed E-state index contributed by atoms with van der Waals surface area (Å²) in [5.74, 6) is 0.462. The number of phenols is 2. The van der Waals surface area contributed by atoms with E-state index in [0.29, 0.717) is 5.92 Å². The minimum Gasteiger partial charge on any atom is -0.504 e. The largest absolute Gasteiger partial charge is 0.504 e. The molecule has 1 saturated heterocycles. The maximum Gasteiger partial charge on any atom is 0.226 e. The third kappa shape index (κ3) is 2.94. The van der Waals surface area contributed by atoms with E-state index in [2.05, 4.69) is 6.92 Å². The average Bonchev–Trinajstić information content (AvgIpc) is 2.34. The number of nitrogens with zero attached hydrogens (tertiary/aromatic N) is 1. The number of benzene rings is 1. The first-order valence-electron chi connectivity index (χ1n) is 6.35. The lowest BCUT2D eigenvalue weighted by molar-refractivity contribution is -0.131. The van der Waals surface area contributed by atoms with Crippen molar-refractivity contribution in [3.05, 3.63) is 23.8 Å². The average molecular weight is 249 g/mol. The van der Waals surface area contributed by atoms with Crippen LogP contribution in [0.15, 0.2) is 18.2 Å². The van der Waals surface area contributed by atoms with Crippen LogP contribution >= 0.6 is 0 Å². The Morgan fingerprint density at radius 2 is 1.94 bits per heavy atom. The van der Waals surface area contributed by atoms with E-state index >= 15 is 0 Å². The Bertz CT molecular complexity index is 437. The van der Waals surface area contributed by atoms with E-state index in [1.54, 1.807) is 6.07 Å². The molecule has 0 spiro atoms. The number of carbonyl (C=O) groups excluding carboxylic acids is 1. The highest BCUT2D eigenvalue weighted by Gasteiger charge is 2.20. The summed E-state index contributed by atoms with van der Waals surface area (Å²) in [7, 11) is 0. The van der Waals surface area contributed by atoms with Crippen molar-refractivity contribution in [3.63, 3.8) is 0 Å². The number of phenolic OH excluding ortho intramolecular Hbond substituents is 2. The molecule has 0 aromatic heterocycles. The first kappa shape index (κ1) is 12.7. The lowest BCUT2D eigenvalue weighted by atomic mass is 9.98. The minimum atomic E-state index is -0.174. The molecule has 1 amide bonds. The van der Waals surface area contributed by atoms with E-state index in [1.165, 1.54) is 12.1 Å². The zero-order chi connectivity index (χ0) is 13.1. The molecule has 4 heteroatoms. The highest BCUT2D eigenvalue weighted by molar-refractivity contribution is 5.79. The van der Waals surface area contributed by atoms with Gasteiger partial charge in [-0.05, 0) is 36.5 Å². The van der Waals surface area contributed by atoms with Crippen molar-refractivity contribution in [3.8, 4) is 11.5 Å². The quantitative estimate of drug-likeness (QED) is 0.787. The van der Waals surface area contributed by atoms with Crippen LogP contribution in [-0.2, 0) is 11.2 Å². The smallest absolute Gasteiger partial charge is 0.226 e. The second-order valence-corrected chi connectivity index (χ2v) is 5.06. The molecule has 2 rings (SSSR count). The maximum absolute atomic E-state index is 12.1. The van der Waals surface area contributed by atoms with Gasteiger partial charge in [0.25, 0.3) is 0 Å². The molecular weight excluding hydrogens is 230 g/mol. The van der Waals surface area contributed by atoms with Crippen molar-refractivity contribution in [1.82, 2.24) is 4.90 Å². The van der Waals surface area contributed by atoms with Gasteiger partial charge in [0.1, 0.15) is 0 Å². The van der Waals surface area contributed by atoms with Crippen LogP contribution in [0.5, 0.6) is 11.5 Å². The molecule has 0 bridgehead atoms. The summed E-state index contributed by atoms with van der Waals surface area (Å²) >= 11 is 0. The van der Waals surface area contributed by atoms with Gasteiger partial charge in [0.05, 0.1) is 6.42 Å². The Balaban J connectivity index is 1.96. The fraction of sp³-hybridized carbons (Fsp3) is 0.500. The van der Waals surface area contributed by atoms with Crippen LogP contribution in [0.3, 0.4) is 0 Å². The van der Waals surface area contributed by atoms with Crippen LogP contribution in [0.25, 0.3) is 0 Å². The molecule has 1 aromatic rings. The van der Waals surface area contributed by atoms with Gasteiger partial charge in [-0.2, -0.15) is 0 Å². The standard InChI is InChI=1S/C14H19NO3/c1-10-4-6-15(7-5-10)14(18)9-11-2-3-12(16)13(17)8-11/h2-3,8,10,16-17H,4-7,9H2,1H3. The molecule has 18 heavy (non-hydrogen) atoms. The monoisotopic (exact) mass is 249 g/mol. The fourth-order valence-corrected chi connectivity index (χ4v) is 2.22. The van der Waals surface area contributed by atoms with E-state index in [-0.39, 0.29) is 23.8 Å². The van der Waals surface area contributed by atoms with Crippen molar-refractivity contribution in [2.75, 3.05) is 13.1 Å². The van der Waals surface area contributed by atoms with Crippen molar-refractivity contribution < 1.29 is 15.0 Å². The molecule has 1 heterocycles. The van der Waals surface area contributed by atoms with E-state index in [9.17, 15) is 15.0 Å². The molecule has 0 radical (unpaired) electrons. The summed E-state index contributed by atoms with van der Waals surface area (Å²) in [6.45, 7) is 3.86. The molecule has 0 saturated carbocycles. The number of carbonyl (C=O) groups is 1. The molecule has 4 nitrogen and oxygen atoms in total. The highest BCUT2D eigenvalue weighted by Crippen LogP contribution is 2.25. The number of aromatic hydroxyl groups is 2. The number of likely N-dealkylation sites (tertiary alicyclic amines) is 1. The summed E-state index contributed by atoms with van der Waals surface area (Å²) in [6.07, 6.45) is 2.40. The maximum atomic E-state index is 12.1. The van der Waals surface area contributed by atoms with Gasteiger partial charge in [-0.15, -0.1) is 0 Å². The Labute approximate surface area is 107 Å². The Hall–Kier alpha value is -1.71. The van der Waals surface area contributed by atoms with Crippen LogP contribution in [0.2, 0.25) is 0 Å². The van der Waals surface area contributed by atoms with Gasteiger partial charge in [0, 0.05) is 13.1 Å². The van der Waals surface area contributed by atoms with Gasteiger partial charge in [-0.25, -0.2) is 0 Å². The molecule has 1 aliphatic rings. The number of amides is 1. The van der Waals surface area contributed by atoms with Gasteiger partial charge in [-0.1, -0.05) is 13.0 Å². The van der Waals surface area contributed by atoms with Crippen molar-refractivity contribution in [2.45, 2.75) is 26.2 Å². The Morgan fingerprint density at radius 3 is 2.56 bits per heavy atom. The van der Waals surface area contributed by atoms with E-state index < -0.39 is 0 Å². The summed E-state index contributed by atoms with van der Waals surface area (Å²) in [6, 6.07) is 4.52. The van der Waals surface area contributed by atoms with Crippen LogP contribution in [-0.4, -0.2) is 34.1 Å². The fourth-order valence-electron chi connectivity index (χ4n) is 2.22. The van der Waals surface area contributed by atoms with E-state index in [0.717, 1.165) is 31.5 Å². The van der Waals surface area contributed by atoms with Crippen LogP contribution in [0.4, 0.5) is 0 Å². The second-order valence-electron chi connectivity index (χ2n) is 5.06. The molecule has 1 aliphatic heterocycles.